The highest BCUT2D eigenvalue weighted by Gasteiger charge is 2.45. The molecule has 8 heteroatoms. The van der Waals surface area contributed by atoms with Gasteiger partial charge < -0.3 is 10.2 Å². The first-order valence-electron chi connectivity index (χ1n) is 7.77. The van der Waals surface area contributed by atoms with Crippen LogP contribution in [0.15, 0.2) is 23.2 Å². The summed E-state index contributed by atoms with van der Waals surface area (Å²) in [4.78, 5) is 18.6. The van der Waals surface area contributed by atoms with Crippen LogP contribution in [-0.4, -0.2) is 60.8 Å². The summed E-state index contributed by atoms with van der Waals surface area (Å²) in [5, 5.41) is 3.70. The molecule has 3 rings (SSSR count). The standard InChI is InChI=1S/C16H21N3O3S2/c1-10-5-4-6-11(2)15(10)18-14(20)7-23-16-17-12-8-24(21,22)9-13(12)19(16)3/h4-6,12-13H,7-9H2,1-3H3,(H,18,20)/t12-,13+/m1/s1. The van der Waals surface area contributed by atoms with E-state index >= 15 is 0 Å². The number of thioether (sulfide) groups is 1. The highest BCUT2D eigenvalue weighted by Crippen LogP contribution is 2.29. The Balaban J connectivity index is 1.60. The predicted molar refractivity (Wildman–Crippen MR) is 98.4 cm³/mol. The lowest BCUT2D eigenvalue weighted by Gasteiger charge is -2.20. The van der Waals surface area contributed by atoms with Gasteiger partial charge in [0, 0.05) is 12.7 Å². The van der Waals surface area contributed by atoms with Crippen molar-refractivity contribution in [1.29, 1.82) is 0 Å². The first-order chi connectivity index (χ1) is 11.3. The van der Waals surface area contributed by atoms with Crippen LogP contribution in [0, 0.1) is 13.8 Å². The Labute approximate surface area is 146 Å². The third kappa shape index (κ3) is 3.44. The van der Waals surface area contributed by atoms with Crippen LogP contribution in [-0.2, 0) is 14.6 Å². The largest absolute Gasteiger partial charge is 0.348 e. The van der Waals surface area contributed by atoms with E-state index in [0.717, 1.165) is 22.0 Å². The van der Waals surface area contributed by atoms with Gasteiger partial charge in [0.25, 0.3) is 0 Å². The highest BCUT2D eigenvalue weighted by atomic mass is 32.2. The average Bonchev–Trinajstić information content (AvgIpc) is 2.94. The van der Waals surface area contributed by atoms with Crippen molar-refractivity contribution in [2.75, 3.05) is 29.6 Å². The fourth-order valence-electron chi connectivity index (χ4n) is 3.13. The first kappa shape index (κ1) is 17.3. The molecule has 1 saturated heterocycles. The van der Waals surface area contributed by atoms with Crippen molar-refractivity contribution >= 4 is 38.4 Å². The molecule has 2 aliphatic heterocycles. The second-order valence-electron chi connectivity index (χ2n) is 6.34. The summed E-state index contributed by atoms with van der Waals surface area (Å²) in [6, 6.07) is 5.62. The summed E-state index contributed by atoms with van der Waals surface area (Å²) in [6.07, 6.45) is 0. The Morgan fingerprint density at radius 2 is 2.00 bits per heavy atom. The van der Waals surface area contributed by atoms with Crippen LogP contribution in [0.1, 0.15) is 11.1 Å². The number of benzene rings is 1. The van der Waals surface area contributed by atoms with Crippen molar-refractivity contribution in [3.05, 3.63) is 29.3 Å². The van der Waals surface area contributed by atoms with Gasteiger partial charge in [0.05, 0.1) is 29.3 Å². The maximum absolute atomic E-state index is 12.2. The number of anilines is 1. The van der Waals surface area contributed by atoms with E-state index in [2.05, 4.69) is 10.3 Å². The van der Waals surface area contributed by atoms with Gasteiger partial charge in [-0.3, -0.25) is 9.79 Å². The molecule has 2 aliphatic rings. The van der Waals surface area contributed by atoms with Crippen LogP contribution >= 0.6 is 11.8 Å². The molecule has 0 radical (unpaired) electrons. The lowest BCUT2D eigenvalue weighted by Crippen LogP contribution is -2.35. The summed E-state index contributed by atoms with van der Waals surface area (Å²) in [7, 11) is -1.13. The summed E-state index contributed by atoms with van der Waals surface area (Å²) in [5.74, 6) is 0.429. The molecule has 0 unspecified atom stereocenters. The number of amidine groups is 1. The Hall–Kier alpha value is -1.54. The summed E-state index contributed by atoms with van der Waals surface area (Å²) in [5.41, 5.74) is 2.92. The van der Waals surface area contributed by atoms with Crippen LogP contribution < -0.4 is 5.32 Å². The molecule has 0 aromatic heterocycles. The van der Waals surface area contributed by atoms with Gasteiger partial charge in [-0.2, -0.15) is 0 Å². The number of hydrogen-bond acceptors (Lipinski definition) is 6. The maximum atomic E-state index is 12.2. The molecule has 6 nitrogen and oxygen atoms in total. The Bertz CT molecular complexity index is 785. The van der Waals surface area contributed by atoms with Gasteiger partial charge in [0.15, 0.2) is 15.0 Å². The minimum Gasteiger partial charge on any atom is -0.348 e. The number of amides is 1. The lowest BCUT2D eigenvalue weighted by molar-refractivity contribution is -0.113. The van der Waals surface area contributed by atoms with Gasteiger partial charge in [-0.25, -0.2) is 8.42 Å². The number of aryl methyl sites for hydroxylation is 2. The predicted octanol–water partition coefficient (Wildman–Crippen LogP) is 1.44. The summed E-state index contributed by atoms with van der Waals surface area (Å²) >= 11 is 1.36. The zero-order valence-corrected chi connectivity index (χ0v) is 15.6. The second-order valence-corrected chi connectivity index (χ2v) is 9.43. The summed E-state index contributed by atoms with van der Waals surface area (Å²) in [6.45, 7) is 3.93. The monoisotopic (exact) mass is 367 g/mol. The minimum absolute atomic E-state index is 0.0841. The molecule has 1 amide bonds. The molecule has 0 spiro atoms. The van der Waals surface area contributed by atoms with E-state index in [1.807, 2.05) is 44.0 Å². The Kier molecular flexibility index (Phi) is 4.61. The third-order valence-corrected chi connectivity index (χ3v) is 7.20. The zero-order valence-electron chi connectivity index (χ0n) is 13.9. The number of carbonyl (C=O) groups is 1. The van der Waals surface area contributed by atoms with Gasteiger partial charge >= 0.3 is 0 Å². The molecule has 0 saturated carbocycles. The van der Waals surface area contributed by atoms with Gasteiger partial charge in [-0.1, -0.05) is 30.0 Å². The first-order valence-corrected chi connectivity index (χ1v) is 10.6. The van der Waals surface area contributed by atoms with E-state index in [1.54, 1.807) is 0 Å². The fourth-order valence-corrected chi connectivity index (χ4v) is 5.94. The van der Waals surface area contributed by atoms with Crippen molar-refractivity contribution in [1.82, 2.24) is 4.90 Å². The third-order valence-electron chi connectivity index (χ3n) is 4.45. The van der Waals surface area contributed by atoms with E-state index in [0.29, 0.717) is 0 Å². The van der Waals surface area contributed by atoms with Gasteiger partial charge in [-0.15, -0.1) is 0 Å². The van der Waals surface area contributed by atoms with Crippen LogP contribution in [0.2, 0.25) is 0 Å². The molecule has 1 aromatic rings. The lowest BCUT2D eigenvalue weighted by atomic mass is 10.1. The number of nitrogens with zero attached hydrogens (tertiary/aromatic N) is 2. The number of carbonyl (C=O) groups excluding carboxylic acids is 1. The van der Waals surface area contributed by atoms with Gasteiger partial charge in [-0.05, 0) is 25.0 Å². The zero-order chi connectivity index (χ0) is 17.5. The molecular weight excluding hydrogens is 346 g/mol. The van der Waals surface area contributed by atoms with Crippen molar-refractivity contribution in [2.24, 2.45) is 4.99 Å². The molecule has 1 fully saturated rings. The average molecular weight is 367 g/mol. The smallest absolute Gasteiger partial charge is 0.234 e. The normalized spacial score (nSPS) is 24.6. The number of sulfone groups is 1. The number of fused-ring (bicyclic) bond motifs is 1. The van der Waals surface area contributed by atoms with E-state index in [-0.39, 0.29) is 35.2 Å². The van der Waals surface area contributed by atoms with Crippen LogP contribution in [0.4, 0.5) is 5.69 Å². The number of nitrogens with one attached hydrogen (secondary N) is 1. The molecule has 24 heavy (non-hydrogen) atoms. The molecule has 2 heterocycles. The molecule has 0 bridgehead atoms. The van der Waals surface area contributed by atoms with E-state index in [1.165, 1.54) is 11.8 Å². The van der Waals surface area contributed by atoms with Crippen molar-refractivity contribution in [3.63, 3.8) is 0 Å². The van der Waals surface area contributed by atoms with Crippen LogP contribution in [0.25, 0.3) is 0 Å². The number of rotatable bonds is 3. The topological polar surface area (TPSA) is 78.8 Å². The minimum atomic E-state index is -2.98. The van der Waals surface area contributed by atoms with E-state index in [9.17, 15) is 13.2 Å². The Morgan fingerprint density at radius 3 is 2.62 bits per heavy atom. The van der Waals surface area contributed by atoms with Crippen LogP contribution in [0.5, 0.6) is 0 Å². The number of para-hydroxylation sites is 1. The van der Waals surface area contributed by atoms with Crippen molar-refractivity contribution < 1.29 is 13.2 Å². The second kappa shape index (κ2) is 6.40. The quantitative estimate of drug-likeness (QED) is 0.875. The molecule has 1 aromatic carbocycles. The van der Waals surface area contributed by atoms with E-state index < -0.39 is 9.84 Å². The molecule has 2 atom stereocenters. The maximum Gasteiger partial charge on any atom is 0.234 e. The summed E-state index contributed by atoms with van der Waals surface area (Å²) < 4.78 is 23.3. The van der Waals surface area contributed by atoms with Gasteiger partial charge in [0.2, 0.25) is 5.91 Å². The molecule has 130 valence electrons. The molecule has 1 N–H and O–H groups in total. The number of aliphatic imine (C=N–C) groups is 1. The SMILES string of the molecule is Cc1cccc(C)c1NC(=O)CSC1=N[C@@H]2CS(=O)(=O)C[C@@H]2N1C. The van der Waals surface area contributed by atoms with Crippen molar-refractivity contribution in [3.8, 4) is 0 Å². The number of likely N-dealkylation sites (N-methyl/N-ethyl adjacent to an activating group) is 1. The fraction of sp³-hybridized carbons (Fsp3) is 0.500. The van der Waals surface area contributed by atoms with Crippen LogP contribution in [0.3, 0.4) is 0 Å². The highest BCUT2D eigenvalue weighted by molar-refractivity contribution is 8.14. The van der Waals surface area contributed by atoms with Gasteiger partial charge in [0.1, 0.15) is 0 Å². The molecular formula is C16H21N3O3S2. The number of hydrogen-bond donors (Lipinski definition) is 1. The Morgan fingerprint density at radius 1 is 1.33 bits per heavy atom. The van der Waals surface area contributed by atoms with Crippen molar-refractivity contribution in [2.45, 2.75) is 25.9 Å². The van der Waals surface area contributed by atoms with E-state index in [4.69, 9.17) is 0 Å². The molecule has 0 aliphatic carbocycles.